The van der Waals surface area contributed by atoms with E-state index in [1.807, 2.05) is 32.8 Å². The number of aromatic nitrogens is 2. The van der Waals surface area contributed by atoms with E-state index in [1.165, 1.54) is 15.9 Å². The second-order valence-electron chi connectivity index (χ2n) is 7.02. The summed E-state index contributed by atoms with van der Waals surface area (Å²) in [6.07, 6.45) is 4.05. The van der Waals surface area contributed by atoms with Crippen LogP contribution >= 0.6 is 11.3 Å². The SMILES string of the molecule is Cc1sc2nc(CN(C)C)n(CC(=O)OC3CCCC3)c(=O)c2c1C. The molecular weight excluding hydrogens is 338 g/mol. The van der Waals surface area contributed by atoms with E-state index in [-0.39, 0.29) is 24.2 Å². The van der Waals surface area contributed by atoms with E-state index in [9.17, 15) is 9.59 Å². The van der Waals surface area contributed by atoms with Crippen molar-refractivity contribution in [1.29, 1.82) is 0 Å². The average Bonchev–Trinajstić information content (AvgIpc) is 3.12. The van der Waals surface area contributed by atoms with Gasteiger partial charge in [-0.2, -0.15) is 0 Å². The first-order chi connectivity index (χ1) is 11.9. The summed E-state index contributed by atoms with van der Waals surface area (Å²) in [7, 11) is 3.84. The Labute approximate surface area is 151 Å². The molecule has 7 heteroatoms. The second-order valence-corrected chi connectivity index (χ2v) is 8.22. The molecule has 136 valence electrons. The number of thiophene rings is 1. The molecule has 0 saturated heterocycles. The van der Waals surface area contributed by atoms with Gasteiger partial charge >= 0.3 is 5.97 Å². The van der Waals surface area contributed by atoms with Gasteiger partial charge in [0.2, 0.25) is 0 Å². The van der Waals surface area contributed by atoms with Gasteiger partial charge < -0.3 is 9.64 Å². The first-order valence-electron chi connectivity index (χ1n) is 8.70. The van der Waals surface area contributed by atoms with Crippen LogP contribution in [0, 0.1) is 13.8 Å². The molecule has 2 heterocycles. The molecule has 2 aromatic rings. The first kappa shape index (κ1) is 18.1. The highest BCUT2D eigenvalue weighted by Crippen LogP contribution is 2.26. The van der Waals surface area contributed by atoms with Crippen LogP contribution in [0.1, 0.15) is 41.9 Å². The molecule has 6 nitrogen and oxygen atoms in total. The number of rotatable bonds is 5. The Morgan fingerprint density at radius 1 is 1.32 bits per heavy atom. The van der Waals surface area contributed by atoms with Crippen molar-refractivity contribution in [3.05, 3.63) is 26.6 Å². The Hall–Kier alpha value is -1.73. The Morgan fingerprint density at radius 3 is 2.64 bits per heavy atom. The molecule has 1 saturated carbocycles. The lowest BCUT2D eigenvalue weighted by molar-refractivity contribution is -0.149. The van der Waals surface area contributed by atoms with Crippen molar-refractivity contribution in [3.8, 4) is 0 Å². The van der Waals surface area contributed by atoms with Crippen LogP contribution in [0.25, 0.3) is 10.2 Å². The number of fused-ring (bicyclic) bond motifs is 1. The van der Waals surface area contributed by atoms with Crippen LogP contribution in [0.5, 0.6) is 0 Å². The molecule has 1 aliphatic carbocycles. The Morgan fingerprint density at radius 2 is 2.00 bits per heavy atom. The third-order valence-electron chi connectivity index (χ3n) is 4.71. The number of carbonyl (C=O) groups is 1. The zero-order valence-electron chi connectivity index (χ0n) is 15.3. The Bertz CT molecular complexity index is 847. The molecule has 25 heavy (non-hydrogen) atoms. The van der Waals surface area contributed by atoms with Gasteiger partial charge in [-0.1, -0.05) is 0 Å². The van der Waals surface area contributed by atoms with Gasteiger partial charge in [-0.05, 0) is 59.2 Å². The minimum absolute atomic E-state index is 0.00215. The van der Waals surface area contributed by atoms with E-state index >= 15 is 0 Å². The zero-order valence-corrected chi connectivity index (χ0v) is 16.1. The molecule has 0 atom stereocenters. The third-order valence-corrected chi connectivity index (χ3v) is 5.81. The van der Waals surface area contributed by atoms with Gasteiger partial charge in [-0.3, -0.25) is 14.2 Å². The average molecular weight is 363 g/mol. The predicted octanol–water partition coefficient (Wildman–Crippen LogP) is 2.62. The highest BCUT2D eigenvalue weighted by molar-refractivity contribution is 7.18. The van der Waals surface area contributed by atoms with E-state index in [0.717, 1.165) is 41.0 Å². The normalized spacial score (nSPS) is 15.4. The van der Waals surface area contributed by atoms with Crippen molar-refractivity contribution in [2.75, 3.05) is 14.1 Å². The van der Waals surface area contributed by atoms with Crippen molar-refractivity contribution in [2.24, 2.45) is 0 Å². The molecular formula is C18H25N3O3S. The van der Waals surface area contributed by atoms with Gasteiger partial charge in [0.1, 0.15) is 23.3 Å². The molecule has 0 bridgehead atoms. The molecule has 0 aliphatic heterocycles. The Kier molecular flexibility index (Phi) is 5.24. The minimum atomic E-state index is -0.347. The maximum absolute atomic E-state index is 13.0. The summed E-state index contributed by atoms with van der Waals surface area (Å²) in [6, 6.07) is 0. The highest BCUT2D eigenvalue weighted by Gasteiger charge is 2.22. The summed E-state index contributed by atoms with van der Waals surface area (Å²) in [6.45, 7) is 4.35. The van der Waals surface area contributed by atoms with E-state index in [1.54, 1.807) is 0 Å². The molecule has 1 fully saturated rings. The minimum Gasteiger partial charge on any atom is -0.461 e. The standard InChI is InChI=1S/C18H25N3O3S/c1-11-12(2)25-17-16(11)18(23)21(14(19-17)9-20(3)4)10-15(22)24-13-7-5-6-8-13/h13H,5-10H2,1-4H3. The van der Waals surface area contributed by atoms with E-state index in [2.05, 4.69) is 4.98 Å². The number of hydrogen-bond acceptors (Lipinski definition) is 6. The molecule has 3 rings (SSSR count). The molecule has 0 radical (unpaired) electrons. The predicted molar refractivity (Wildman–Crippen MR) is 99.1 cm³/mol. The van der Waals surface area contributed by atoms with Crippen molar-refractivity contribution in [1.82, 2.24) is 14.5 Å². The van der Waals surface area contributed by atoms with Gasteiger partial charge in [0, 0.05) is 4.88 Å². The van der Waals surface area contributed by atoms with Crippen molar-refractivity contribution in [3.63, 3.8) is 0 Å². The monoisotopic (exact) mass is 363 g/mol. The zero-order chi connectivity index (χ0) is 18.1. The fraction of sp³-hybridized carbons (Fsp3) is 0.611. The van der Waals surface area contributed by atoms with Crippen molar-refractivity contribution < 1.29 is 9.53 Å². The molecule has 2 aromatic heterocycles. The summed E-state index contributed by atoms with van der Waals surface area (Å²) in [5.41, 5.74) is 0.805. The second kappa shape index (κ2) is 7.25. The first-order valence-corrected chi connectivity index (χ1v) is 9.52. The van der Waals surface area contributed by atoms with Crippen LogP contribution < -0.4 is 5.56 Å². The lowest BCUT2D eigenvalue weighted by Crippen LogP contribution is -2.32. The van der Waals surface area contributed by atoms with Gasteiger partial charge in [-0.15, -0.1) is 11.3 Å². The maximum Gasteiger partial charge on any atom is 0.326 e. The number of carbonyl (C=O) groups excluding carboxylic acids is 1. The number of hydrogen-bond donors (Lipinski definition) is 0. The summed E-state index contributed by atoms with van der Waals surface area (Å²) in [5.74, 6) is 0.256. The molecule has 0 aromatic carbocycles. The van der Waals surface area contributed by atoms with Gasteiger partial charge in [0.15, 0.2) is 0 Å². The molecule has 0 N–H and O–H groups in total. The van der Waals surface area contributed by atoms with E-state index in [0.29, 0.717) is 17.8 Å². The molecule has 1 aliphatic rings. The van der Waals surface area contributed by atoms with Crippen LogP contribution in [-0.2, 0) is 22.6 Å². The molecule has 0 amide bonds. The van der Waals surface area contributed by atoms with Gasteiger partial charge in [-0.25, -0.2) is 4.98 Å². The Balaban J connectivity index is 1.98. The third kappa shape index (κ3) is 3.77. The van der Waals surface area contributed by atoms with E-state index in [4.69, 9.17) is 4.74 Å². The smallest absolute Gasteiger partial charge is 0.326 e. The summed E-state index contributed by atoms with van der Waals surface area (Å²) in [4.78, 5) is 33.9. The number of aryl methyl sites for hydroxylation is 2. The molecule has 0 spiro atoms. The summed E-state index contributed by atoms with van der Waals surface area (Å²) in [5, 5.41) is 0.624. The number of nitrogens with zero attached hydrogens (tertiary/aromatic N) is 3. The largest absolute Gasteiger partial charge is 0.461 e. The number of ether oxygens (including phenoxy) is 1. The van der Waals surface area contributed by atoms with Crippen molar-refractivity contribution in [2.45, 2.75) is 58.7 Å². The summed E-state index contributed by atoms with van der Waals surface area (Å²) < 4.78 is 7.03. The van der Waals surface area contributed by atoms with Gasteiger partial charge in [0.05, 0.1) is 11.9 Å². The maximum atomic E-state index is 13.0. The van der Waals surface area contributed by atoms with Crippen LogP contribution in [0.3, 0.4) is 0 Å². The quantitative estimate of drug-likeness (QED) is 0.764. The lowest BCUT2D eigenvalue weighted by Gasteiger charge is -2.17. The van der Waals surface area contributed by atoms with Gasteiger partial charge in [0.25, 0.3) is 5.56 Å². The van der Waals surface area contributed by atoms with E-state index < -0.39 is 0 Å². The highest BCUT2D eigenvalue weighted by atomic mass is 32.1. The van der Waals surface area contributed by atoms with Crippen LogP contribution in [0.15, 0.2) is 4.79 Å². The summed E-state index contributed by atoms with van der Waals surface area (Å²) >= 11 is 1.53. The fourth-order valence-corrected chi connectivity index (χ4v) is 4.33. The number of esters is 1. The lowest BCUT2D eigenvalue weighted by atomic mass is 10.2. The fourth-order valence-electron chi connectivity index (χ4n) is 3.29. The van der Waals surface area contributed by atoms with Crippen LogP contribution in [0.2, 0.25) is 0 Å². The van der Waals surface area contributed by atoms with Crippen molar-refractivity contribution >= 4 is 27.5 Å². The van der Waals surface area contributed by atoms with Crippen LogP contribution in [-0.4, -0.2) is 40.6 Å². The molecule has 0 unspecified atom stereocenters. The topological polar surface area (TPSA) is 64.4 Å². The van der Waals surface area contributed by atoms with Crippen LogP contribution in [0.4, 0.5) is 0 Å².